The minimum Gasteiger partial charge on any atom is -1.00 e. The van der Waals surface area contributed by atoms with Crippen LogP contribution in [0, 0.1) is 6.92 Å². The van der Waals surface area contributed by atoms with E-state index in [4.69, 9.17) is 4.74 Å². The summed E-state index contributed by atoms with van der Waals surface area (Å²) < 4.78 is 9.33. The van der Waals surface area contributed by atoms with E-state index in [1.165, 1.54) is 5.82 Å². The lowest BCUT2D eigenvalue weighted by atomic mass is 10.3. The second-order valence-electron chi connectivity index (χ2n) is 4.14. The Balaban J connectivity index is 0.00000289. The number of hydrogen-bond acceptors (Lipinski definition) is 2. The Labute approximate surface area is 120 Å². The Bertz CT molecular complexity index is 364. The SMILES string of the molecule is CCC[n+]1ccn(CCCC(=O)OCC)c1C.[Br-]. The fourth-order valence-electron chi connectivity index (χ4n) is 1.88. The van der Waals surface area contributed by atoms with Crippen LogP contribution in [0.5, 0.6) is 0 Å². The number of aryl methyl sites for hydroxylation is 2. The van der Waals surface area contributed by atoms with E-state index in [1.807, 2.05) is 6.92 Å². The van der Waals surface area contributed by atoms with E-state index >= 15 is 0 Å². The summed E-state index contributed by atoms with van der Waals surface area (Å²) in [4.78, 5) is 11.2. The molecule has 1 heterocycles. The van der Waals surface area contributed by atoms with Gasteiger partial charge in [-0.05, 0) is 19.8 Å². The van der Waals surface area contributed by atoms with Crippen LogP contribution in [0.25, 0.3) is 0 Å². The van der Waals surface area contributed by atoms with Crippen molar-refractivity contribution in [3.63, 3.8) is 0 Å². The molecule has 0 saturated carbocycles. The molecule has 0 amide bonds. The van der Waals surface area contributed by atoms with Crippen molar-refractivity contribution in [1.82, 2.24) is 4.57 Å². The van der Waals surface area contributed by atoms with Gasteiger partial charge < -0.3 is 21.7 Å². The van der Waals surface area contributed by atoms with Crippen molar-refractivity contribution in [3.8, 4) is 0 Å². The Hall–Kier alpha value is -0.840. The van der Waals surface area contributed by atoms with Crippen molar-refractivity contribution in [2.75, 3.05) is 6.61 Å². The van der Waals surface area contributed by atoms with Gasteiger partial charge in [-0.2, -0.15) is 0 Å². The number of aromatic nitrogens is 2. The van der Waals surface area contributed by atoms with Gasteiger partial charge >= 0.3 is 5.97 Å². The first kappa shape index (κ1) is 17.2. The maximum Gasteiger partial charge on any atom is 0.305 e. The van der Waals surface area contributed by atoms with Crippen LogP contribution in [0.3, 0.4) is 0 Å². The Morgan fingerprint density at radius 3 is 2.78 bits per heavy atom. The van der Waals surface area contributed by atoms with E-state index in [0.717, 1.165) is 25.9 Å². The molecule has 0 aliphatic heterocycles. The number of carbonyl (C=O) groups is 1. The molecular formula is C13H23BrN2O2. The van der Waals surface area contributed by atoms with Gasteiger partial charge in [0.15, 0.2) is 0 Å². The molecule has 0 atom stereocenters. The first-order chi connectivity index (χ1) is 8.19. The van der Waals surface area contributed by atoms with E-state index in [1.54, 1.807) is 0 Å². The normalized spacial score (nSPS) is 9.94. The summed E-state index contributed by atoms with van der Waals surface area (Å²) in [6, 6.07) is 0. The molecule has 0 spiro atoms. The van der Waals surface area contributed by atoms with Crippen molar-refractivity contribution >= 4 is 5.97 Å². The van der Waals surface area contributed by atoms with Crippen LogP contribution < -0.4 is 21.5 Å². The highest BCUT2D eigenvalue weighted by molar-refractivity contribution is 5.69. The smallest absolute Gasteiger partial charge is 0.305 e. The quantitative estimate of drug-likeness (QED) is 0.470. The maximum absolute atomic E-state index is 11.2. The molecule has 0 N–H and O–H groups in total. The lowest BCUT2D eigenvalue weighted by Crippen LogP contribution is -3.00. The predicted molar refractivity (Wildman–Crippen MR) is 65.5 cm³/mol. The van der Waals surface area contributed by atoms with E-state index in [9.17, 15) is 4.79 Å². The van der Waals surface area contributed by atoms with Gasteiger partial charge in [0.25, 0.3) is 5.82 Å². The molecule has 104 valence electrons. The topological polar surface area (TPSA) is 35.1 Å². The Kier molecular flexibility index (Phi) is 8.71. The molecule has 0 aromatic carbocycles. The third kappa shape index (κ3) is 5.21. The van der Waals surface area contributed by atoms with Crippen LogP contribution in [0.15, 0.2) is 12.4 Å². The lowest BCUT2D eigenvalue weighted by Gasteiger charge is -2.01. The highest BCUT2D eigenvalue weighted by atomic mass is 79.9. The standard InChI is InChI=1S/C13H23N2O2.BrH/c1-4-8-14-10-11-15(12(14)3)9-6-7-13(16)17-5-2;/h10-11H,4-9H2,1-3H3;1H/q+1;/p-1. The van der Waals surface area contributed by atoms with Crippen molar-refractivity contribution in [3.05, 3.63) is 18.2 Å². The van der Waals surface area contributed by atoms with E-state index < -0.39 is 0 Å². The molecular weight excluding hydrogens is 296 g/mol. The molecule has 0 aliphatic rings. The number of hydrogen-bond donors (Lipinski definition) is 0. The molecule has 0 unspecified atom stereocenters. The summed E-state index contributed by atoms with van der Waals surface area (Å²) >= 11 is 0. The minimum absolute atomic E-state index is 0. The molecule has 1 aromatic rings. The average Bonchev–Trinajstić information content (AvgIpc) is 2.63. The lowest BCUT2D eigenvalue weighted by molar-refractivity contribution is -0.702. The third-order valence-corrected chi connectivity index (χ3v) is 2.81. The van der Waals surface area contributed by atoms with Gasteiger partial charge in [-0.1, -0.05) is 6.92 Å². The van der Waals surface area contributed by atoms with Crippen LogP contribution in [-0.2, 0) is 22.6 Å². The van der Waals surface area contributed by atoms with Crippen molar-refractivity contribution < 1.29 is 31.1 Å². The fourth-order valence-corrected chi connectivity index (χ4v) is 1.88. The van der Waals surface area contributed by atoms with Gasteiger partial charge in [-0.3, -0.25) is 4.79 Å². The number of halogens is 1. The van der Waals surface area contributed by atoms with Gasteiger partial charge in [0, 0.05) is 13.3 Å². The molecule has 18 heavy (non-hydrogen) atoms. The fraction of sp³-hybridized carbons (Fsp3) is 0.692. The Morgan fingerprint density at radius 2 is 2.17 bits per heavy atom. The van der Waals surface area contributed by atoms with Gasteiger partial charge in [-0.25, -0.2) is 9.13 Å². The molecule has 0 radical (unpaired) electrons. The van der Waals surface area contributed by atoms with Crippen molar-refractivity contribution in [1.29, 1.82) is 0 Å². The maximum atomic E-state index is 11.2. The minimum atomic E-state index is -0.0984. The summed E-state index contributed by atoms with van der Waals surface area (Å²) in [6.45, 7) is 8.52. The van der Waals surface area contributed by atoms with E-state index in [2.05, 4.69) is 35.4 Å². The number of imidazole rings is 1. The molecule has 0 saturated heterocycles. The highest BCUT2D eigenvalue weighted by Crippen LogP contribution is 2.00. The monoisotopic (exact) mass is 318 g/mol. The van der Waals surface area contributed by atoms with Gasteiger partial charge in [0.05, 0.1) is 19.7 Å². The second kappa shape index (κ2) is 9.14. The highest BCUT2D eigenvalue weighted by Gasteiger charge is 2.11. The van der Waals surface area contributed by atoms with Gasteiger partial charge in [-0.15, -0.1) is 0 Å². The summed E-state index contributed by atoms with van der Waals surface area (Å²) in [7, 11) is 0. The average molecular weight is 319 g/mol. The van der Waals surface area contributed by atoms with Crippen LogP contribution in [0.2, 0.25) is 0 Å². The summed E-state index contributed by atoms with van der Waals surface area (Å²) in [6.07, 6.45) is 6.65. The molecule has 4 nitrogen and oxygen atoms in total. The zero-order chi connectivity index (χ0) is 12.7. The number of carbonyl (C=O) groups excluding carboxylic acids is 1. The molecule has 1 rings (SSSR count). The zero-order valence-electron chi connectivity index (χ0n) is 11.5. The number of ether oxygens (including phenoxy) is 1. The van der Waals surface area contributed by atoms with Crippen molar-refractivity contribution in [2.45, 2.75) is 53.1 Å². The van der Waals surface area contributed by atoms with E-state index in [0.29, 0.717) is 13.0 Å². The van der Waals surface area contributed by atoms with Crippen molar-refractivity contribution in [2.24, 2.45) is 0 Å². The van der Waals surface area contributed by atoms with E-state index in [-0.39, 0.29) is 23.0 Å². The van der Waals surface area contributed by atoms with Crippen LogP contribution in [0.1, 0.15) is 38.9 Å². The number of rotatable bonds is 7. The first-order valence-electron chi connectivity index (χ1n) is 6.39. The second-order valence-corrected chi connectivity index (χ2v) is 4.14. The molecule has 0 fully saturated rings. The Morgan fingerprint density at radius 1 is 1.44 bits per heavy atom. The number of esters is 1. The zero-order valence-corrected chi connectivity index (χ0v) is 13.1. The third-order valence-electron chi connectivity index (χ3n) is 2.81. The van der Waals surface area contributed by atoms with Gasteiger partial charge in [0.1, 0.15) is 12.4 Å². The van der Waals surface area contributed by atoms with Crippen LogP contribution in [-0.4, -0.2) is 17.1 Å². The first-order valence-corrected chi connectivity index (χ1v) is 6.39. The summed E-state index contributed by atoms with van der Waals surface area (Å²) in [5.74, 6) is 1.15. The summed E-state index contributed by atoms with van der Waals surface area (Å²) in [5.41, 5.74) is 0. The molecule has 0 aliphatic carbocycles. The number of nitrogens with zero attached hydrogens (tertiary/aromatic N) is 2. The predicted octanol–water partition coefficient (Wildman–Crippen LogP) is -1.16. The molecule has 5 heteroatoms. The molecule has 1 aromatic heterocycles. The van der Waals surface area contributed by atoms with Crippen LogP contribution >= 0.6 is 0 Å². The largest absolute Gasteiger partial charge is 1.00 e. The van der Waals surface area contributed by atoms with Gasteiger partial charge in [0.2, 0.25) is 0 Å². The summed E-state index contributed by atoms with van der Waals surface area (Å²) in [5, 5.41) is 0. The van der Waals surface area contributed by atoms with Crippen LogP contribution in [0.4, 0.5) is 0 Å². The molecule has 0 bridgehead atoms.